The molecule has 0 aliphatic heterocycles. The SMILES string of the molecule is CCC(=O)OC(NC(=O)CNC(C)=O)c1ccccc1. The topological polar surface area (TPSA) is 84.5 Å². The van der Waals surface area contributed by atoms with Crippen LogP contribution in [0.2, 0.25) is 0 Å². The average molecular weight is 278 g/mol. The van der Waals surface area contributed by atoms with Crippen molar-refractivity contribution in [1.82, 2.24) is 10.6 Å². The largest absolute Gasteiger partial charge is 0.437 e. The van der Waals surface area contributed by atoms with E-state index in [1.54, 1.807) is 31.2 Å². The first-order valence-corrected chi connectivity index (χ1v) is 6.31. The van der Waals surface area contributed by atoms with Gasteiger partial charge in [0.15, 0.2) is 0 Å². The minimum absolute atomic E-state index is 0.164. The zero-order chi connectivity index (χ0) is 15.0. The van der Waals surface area contributed by atoms with E-state index in [4.69, 9.17) is 4.74 Å². The molecule has 0 saturated heterocycles. The van der Waals surface area contributed by atoms with Crippen molar-refractivity contribution in [3.8, 4) is 0 Å². The summed E-state index contributed by atoms with van der Waals surface area (Å²) in [6, 6.07) is 8.87. The van der Waals surface area contributed by atoms with Crippen molar-refractivity contribution in [2.75, 3.05) is 6.54 Å². The van der Waals surface area contributed by atoms with Crippen molar-refractivity contribution in [2.24, 2.45) is 0 Å². The van der Waals surface area contributed by atoms with Crippen molar-refractivity contribution < 1.29 is 19.1 Å². The summed E-state index contributed by atoms with van der Waals surface area (Å²) in [6.45, 7) is 2.82. The van der Waals surface area contributed by atoms with Crippen LogP contribution in [0.5, 0.6) is 0 Å². The molecule has 0 radical (unpaired) electrons. The maximum atomic E-state index is 11.7. The van der Waals surface area contributed by atoms with Crippen LogP contribution in [-0.4, -0.2) is 24.3 Å². The molecule has 2 N–H and O–H groups in total. The summed E-state index contributed by atoms with van der Waals surface area (Å²) in [7, 11) is 0. The summed E-state index contributed by atoms with van der Waals surface area (Å²) < 4.78 is 5.18. The second kappa shape index (κ2) is 7.93. The maximum absolute atomic E-state index is 11.7. The second-order valence-electron chi connectivity index (χ2n) is 4.11. The number of benzene rings is 1. The molecular weight excluding hydrogens is 260 g/mol. The van der Waals surface area contributed by atoms with Crippen LogP contribution in [0.3, 0.4) is 0 Å². The number of ether oxygens (including phenoxy) is 1. The Morgan fingerprint density at radius 1 is 1.20 bits per heavy atom. The Balaban J connectivity index is 2.70. The molecule has 2 amide bonds. The number of carbonyl (C=O) groups is 3. The third-order valence-corrected chi connectivity index (χ3v) is 2.43. The lowest BCUT2D eigenvalue weighted by Gasteiger charge is -2.19. The van der Waals surface area contributed by atoms with Crippen molar-refractivity contribution in [1.29, 1.82) is 0 Å². The minimum Gasteiger partial charge on any atom is -0.437 e. The third kappa shape index (κ3) is 5.51. The predicted octanol–water partition coefficient (Wildman–Crippen LogP) is 0.891. The van der Waals surface area contributed by atoms with E-state index in [2.05, 4.69) is 10.6 Å². The van der Waals surface area contributed by atoms with Crippen molar-refractivity contribution >= 4 is 17.8 Å². The van der Waals surface area contributed by atoms with Gasteiger partial charge in [-0.1, -0.05) is 37.3 Å². The monoisotopic (exact) mass is 278 g/mol. The first-order chi connectivity index (χ1) is 9.52. The Kier molecular flexibility index (Phi) is 6.22. The summed E-state index contributed by atoms with van der Waals surface area (Å²) in [6.07, 6.45) is -0.643. The summed E-state index contributed by atoms with van der Waals surface area (Å²) >= 11 is 0. The molecule has 0 aromatic heterocycles. The van der Waals surface area contributed by atoms with Gasteiger partial charge in [-0.2, -0.15) is 0 Å². The normalized spacial score (nSPS) is 11.3. The van der Waals surface area contributed by atoms with Gasteiger partial charge in [-0.3, -0.25) is 14.4 Å². The van der Waals surface area contributed by atoms with Crippen LogP contribution < -0.4 is 10.6 Å². The molecule has 6 heteroatoms. The summed E-state index contributed by atoms with van der Waals surface area (Å²) in [4.78, 5) is 33.8. The highest BCUT2D eigenvalue weighted by Crippen LogP contribution is 2.14. The molecule has 1 aromatic rings. The molecule has 0 heterocycles. The van der Waals surface area contributed by atoms with Gasteiger partial charge in [-0.25, -0.2) is 0 Å². The highest BCUT2D eigenvalue weighted by molar-refractivity contribution is 5.84. The summed E-state index contributed by atoms with van der Waals surface area (Å²) in [5, 5.41) is 4.94. The second-order valence-corrected chi connectivity index (χ2v) is 4.11. The zero-order valence-corrected chi connectivity index (χ0v) is 11.5. The van der Waals surface area contributed by atoms with Crippen molar-refractivity contribution in [3.63, 3.8) is 0 Å². The smallest absolute Gasteiger partial charge is 0.307 e. The maximum Gasteiger partial charge on any atom is 0.307 e. The Labute approximate surface area is 117 Å². The van der Waals surface area contributed by atoms with E-state index in [-0.39, 0.29) is 18.9 Å². The third-order valence-electron chi connectivity index (χ3n) is 2.43. The molecule has 1 atom stereocenters. The van der Waals surface area contributed by atoms with Gasteiger partial charge in [0.25, 0.3) is 0 Å². The minimum atomic E-state index is -0.857. The summed E-state index contributed by atoms with van der Waals surface area (Å²) in [5.74, 6) is -1.15. The Hall–Kier alpha value is -2.37. The Bertz CT molecular complexity index is 473. The Morgan fingerprint density at radius 3 is 2.40 bits per heavy atom. The standard InChI is InChI=1S/C14H18N2O4/c1-3-13(19)20-14(11-7-5-4-6-8-11)16-12(18)9-15-10(2)17/h4-8,14H,3,9H2,1-2H3,(H,15,17)(H,16,18). The van der Waals surface area contributed by atoms with Crippen molar-refractivity contribution in [3.05, 3.63) is 35.9 Å². The molecule has 1 rings (SSSR count). The fraction of sp³-hybridized carbons (Fsp3) is 0.357. The lowest BCUT2D eigenvalue weighted by atomic mass is 10.2. The van der Waals surface area contributed by atoms with Gasteiger partial charge in [0.05, 0.1) is 6.54 Å². The lowest BCUT2D eigenvalue weighted by Crippen LogP contribution is -2.39. The van der Waals surface area contributed by atoms with E-state index in [9.17, 15) is 14.4 Å². The number of nitrogens with one attached hydrogen (secondary N) is 2. The van der Waals surface area contributed by atoms with E-state index in [0.29, 0.717) is 5.56 Å². The average Bonchev–Trinajstić information content (AvgIpc) is 2.45. The number of amides is 2. The molecule has 0 fully saturated rings. The van der Waals surface area contributed by atoms with Gasteiger partial charge in [0.2, 0.25) is 18.0 Å². The molecule has 108 valence electrons. The molecule has 0 bridgehead atoms. The van der Waals surface area contributed by atoms with Crippen LogP contribution in [0.25, 0.3) is 0 Å². The van der Waals surface area contributed by atoms with E-state index in [0.717, 1.165) is 0 Å². The summed E-state index contributed by atoms with van der Waals surface area (Å²) in [5.41, 5.74) is 0.658. The van der Waals surface area contributed by atoms with Gasteiger partial charge < -0.3 is 15.4 Å². The predicted molar refractivity (Wildman–Crippen MR) is 72.4 cm³/mol. The molecule has 1 aromatic carbocycles. The number of rotatable bonds is 6. The van der Waals surface area contributed by atoms with Gasteiger partial charge in [-0.05, 0) is 0 Å². The zero-order valence-electron chi connectivity index (χ0n) is 11.5. The molecule has 0 aliphatic rings. The number of hydrogen-bond donors (Lipinski definition) is 2. The van der Waals surface area contributed by atoms with Crippen LogP contribution in [-0.2, 0) is 19.1 Å². The van der Waals surface area contributed by atoms with E-state index >= 15 is 0 Å². The first-order valence-electron chi connectivity index (χ1n) is 6.31. The number of hydrogen-bond acceptors (Lipinski definition) is 4. The fourth-order valence-corrected chi connectivity index (χ4v) is 1.43. The molecule has 0 aliphatic carbocycles. The highest BCUT2D eigenvalue weighted by atomic mass is 16.6. The van der Waals surface area contributed by atoms with Crippen LogP contribution in [0.1, 0.15) is 32.1 Å². The molecule has 20 heavy (non-hydrogen) atoms. The van der Waals surface area contributed by atoms with Crippen LogP contribution in [0, 0.1) is 0 Å². The van der Waals surface area contributed by atoms with Crippen LogP contribution in [0.15, 0.2) is 30.3 Å². The fourth-order valence-electron chi connectivity index (χ4n) is 1.43. The van der Waals surface area contributed by atoms with E-state index in [1.807, 2.05) is 6.07 Å². The molecule has 0 spiro atoms. The highest BCUT2D eigenvalue weighted by Gasteiger charge is 2.18. The van der Waals surface area contributed by atoms with Gasteiger partial charge in [0.1, 0.15) is 0 Å². The van der Waals surface area contributed by atoms with Crippen LogP contribution >= 0.6 is 0 Å². The number of esters is 1. The Morgan fingerprint density at radius 2 is 1.85 bits per heavy atom. The van der Waals surface area contributed by atoms with Gasteiger partial charge in [0, 0.05) is 18.9 Å². The molecule has 6 nitrogen and oxygen atoms in total. The van der Waals surface area contributed by atoms with Crippen molar-refractivity contribution in [2.45, 2.75) is 26.5 Å². The van der Waals surface area contributed by atoms with Crippen LogP contribution in [0.4, 0.5) is 0 Å². The lowest BCUT2D eigenvalue weighted by molar-refractivity contribution is -0.152. The molecule has 0 saturated carbocycles. The van der Waals surface area contributed by atoms with Gasteiger partial charge in [-0.15, -0.1) is 0 Å². The molecular formula is C14H18N2O4. The first kappa shape index (κ1) is 15.7. The van der Waals surface area contributed by atoms with E-state index < -0.39 is 18.1 Å². The van der Waals surface area contributed by atoms with E-state index in [1.165, 1.54) is 6.92 Å². The van der Waals surface area contributed by atoms with Gasteiger partial charge >= 0.3 is 5.97 Å². The quantitative estimate of drug-likeness (QED) is 0.598. The molecule has 1 unspecified atom stereocenters. The number of carbonyl (C=O) groups excluding carboxylic acids is 3.